The number of rotatable bonds is 4. The van der Waals surface area contributed by atoms with Crippen LogP contribution in [0.1, 0.15) is 18.5 Å². The van der Waals surface area contributed by atoms with E-state index in [1.807, 2.05) is 0 Å². The van der Waals surface area contributed by atoms with Gasteiger partial charge in [-0.25, -0.2) is 9.59 Å². The number of methoxy groups -OCH3 is 1. The Balaban J connectivity index is 2.34. The van der Waals surface area contributed by atoms with Crippen LogP contribution in [0.2, 0.25) is 0 Å². The number of amides is 2. The van der Waals surface area contributed by atoms with Gasteiger partial charge in [-0.1, -0.05) is 46.9 Å². The van der Waals surface area contributed by atoms with E-state index in [1.54, 1.807) is 31.2 Å². The number of esters is 1. The van der Waals surface area contributed by atoms with Gasteiger partial charge in [0.2, 0.25) is 3.79 Å². The van der Waals surface area contributed by atoms with Crippen molar-refractivity contribution in [2.45, 2.75) is 16.8 Å². The Morgan fingerprint density at radius 1 is 1.33 bits per heavy atom. The van der Waals surface area contributed by atoms with Gasteiger partial charge in [0, 0.05) is 5.70 Å². The zero-order chi connectivity index (χ0) is 17.9. The first kappa shape index (κ1) is 18.7. The SMILES string of the molecule is COc1cccc([C@@H]2NC(=O)NC(C)=C2C(=O)OCC(Cl)(Cl)Cl)c1. The molecule has 6 nitrogen and oxygen atoms in total. The molecule has 0 unspecified atom stereocenters. The topological polar surface area (TPSA) is 76.7 Å². The van der Waals surface area contributed by atoms with Crippen molar-refractivity contribution >= 4 is 46.8 Å². The molecular formula is C15H15Cl3N2O4. The molecule has 1 aromatic carbocycles. The Kier molecular flexibility index (Phi) is 5.85. The predicted molar refractivity (Wildman–Crippen MR) is 91.4 cm³/mol. The zero-order valence-electron chi connectivity index (χ0n) is 12.9. The molecule has 1 aromatic rings. The minimum absolute atomic E-state index is 0.220. The first-order valence-corrected chi connectivity index (χ1v) is 8.01. The lowest BCUT2D eigenvalue weighted by atomic mass is 9.95. The molecule has 0 aliphatic carbocycles. The van der Waals surface area contributed by atoms with Gasteiger partial charge in [-0.3, -0.25) is 0 Å². The van der Waals surface area contributed by atoms with Crippen LogP contribution < -0.4 is 15.4 Å². The highest BCUT2D eigenvalue weighted by Crippen LogP contribution is 2.31. The number of halogens is 3. The Morgan fingerprint density at radius 3 is 2.67 bits per heavy atom. The van der Waals surface area contributed by atoms with Crippen LogP contribution in [-0.4, -0.2) is 29.5 Å². The highest BCUT2D eigenvalue weighted by molar-refractivity contribution is 6.67. The van der Waals surface area contributed by atoms with Crippen molar-refractivity contribution in [2.75, 3.05) is 13.7 Å². The molecule has 0 bridgehead atoms. The molecule has 2 rings (SSSR count). The molecule has 0 saturated heterocycles. The van der Waals surface area contributed by atoms with Crippen molar-refractivity contribution in [3.8, 4) is 5.75 Å². The van der Waals surface area contributed by atoms with Crippen LogP contribution in [0.5, 0.6) is 5.75 Å². The van der Waals surface area contributed by atoms with Crippen LogP contribution in [0.15, 0.2) is 35.5 Å². The van der Waals surface area contributed by atoms with Crippen molar-refractivity contribution in [3.63, 3.8) is 0 Å². The molecule has 0 aromatic heterocycles. The Bertz CT molecular complexity index is 686. The smallest absolute Gasteiger partial charge is 0.338 e. The van der Waals surface area contributed by atoms with Crippen molar-refractivity contribution in [2.24, 2.45) is 0 Å². The minimum atomic E-state index is -1.72. The average Bonchev–Trinajstić information content (AvgIpc) is 2.51. The molecule has 2 N–H and O–H groups in total. The zero-order valence-corrected chi connectivity index (χ0v) is 15.1. The number of hydrogen-bond donors (Lipinski definition) is 2. The molecule has 130 valence electrons. The largest absolute Gasteiger partial charge is 0.497 e. The summed E-state index contributed by atoms with van der Waals surface area (Å²) in [6.07, 6.45) is 0. The fourth-order valence-electron chi connectivity index (χ4n) is 2.26. The lowest BCUT2D eigenvalue weighted by molar-refractivity contribution is -0.139. The normalized spacial score (nSPS) is 17.9. The van der Waals surface area contributed by atoms with Crippen LogP contribution >= 0.6 is 34.8 Å². The van der Waals surface area contributed by atoms with E-state index in [9.17, 15) is 9.59 Å². The average molecular weight is 394 g/mol. The van der Waals surface area contributed by atoms with E-state index in [2.05, 4.69) is 10.6 Å². The highest BCUT2D eigenvalue weighted by atomic mass is 35.6. The van der Waals surface area contributed by atoms with Gasteiger partial charge in [0.15, 0.2) is 0 Å². The minimum Gasteiger partial charge on any atom is -0.497 e. The number of urea groups is 1. The molecule has 1 heterocycles. The first-order valence-electron chi connectivity index (χ1n) is 6.87. The monoisotopic (exact) mass is 392 g/mol. The third-order valence-electron chi connectivity index (χ3n) is 3.28. The van der Waals surface area contributed by atoms with Gasteiger partial charge < -0.3 is 20.1 Å². The molecule has 24 heavy (non-hydrogen) atoms. The quantitative estimate of drug-likeness (QED) is 0.608. The third kappa shape index (κ3) is 4.69. The summed E-state index contributed by atoms with van der Waals surface area (Å²) in [6.45, 7) is 1.18. The molecule has 1 aliphatic rings. The van der Waals surface area contributed by atoms with Crippen molar-refractivity contribution in [3.05, 3.63) is 41.1 Å². The summed E-state index contributed by atoms with van der Waals surface area (Å²) in [6, 6.07) is 5.83. The van der Waals surface area contributed by atoms with Gasteiger partial charge in [-0.2, -0.15) is 0 Å². The van der Waals surface area contributed by atoms with E-state index in [-0.39, 0.29) is 5.57 Å². The van der Waals surface area contributed by atoms with Gasteiger partial charge >= 0.3 is 12.0 Å². The molecule has 0 fully saturated rings. The van der Waals surface area contributed by atoms with Crippen LogP contribution in [0, 0.1) is 0 Å². The lowest BCUT2D eigenvalue weighted by Crippen LogP contribution is -2.45. The number of hydrogen-bond acceptors (Lipinski definition) is 4. The third-order valence-corrected chi connectivity index (χ3v) is 3.61. The summed E-state index contributed by atoms with van der Waals surface area (Å²) in [5.74, 6) is -0.105. The number of ether oxygens (including phenoxy) is 2. The Hall–Kier alpha value is -1.63. The van der Waals surface area contributed by atoms with E-state index < -0.39 is 28.4 Å². The van der Waals surface area contributed by atoms with Crippen LogP contribution in [0.25, 0.3) is 0 Å². The van der Waals surface area contributed by atoms with Crippen LogP contribution in [0.3, 0.4) is 0 Å². The van der Waals surface area contributed by atoms with Gasteiger partial charge in [0.1, 0.15) is 12.4 Å². The van der Waals surface area contributed by atoms with Crippen LogP contribution in [-0.2, 0) is 9.53 Å². The second-order valence-electron chi connectivity index (χ2n) is 5.04. The summed E-state index contributed by atoms with van der Waals surface area (Å²) >= 11 is 16.8. The molecule has 9 heteroatoms. The van der Waals surface area contributed by atoms with E-state index in [4.69, 9.17) is 44.3 Å². The van der Waals surface area contributed by atoms with E-state index >= 15 is 0 Å². The number of carbonyl (C=O) groups excluding carboxylic acids is 2. The number of allylic oxidation sites excluding steroid dienone is 1. The number of alkyl halides is 3. The second kappa shape index (κ2) is 7.51. The van der Waals surface area contributed by atoms with E-state index in [0.717, 1.165) is 0 Å². The molecule has 1 atom stereocenters. The summed E-state index contributed by atoms with van der Waals surface area (Å²) in [7, 11) is 1.53. The fourth-order valence-corrected chi connectivity index (χ4v) is 2.42. The molecular weight excluding hydrogens is 379 g/mol. The molecule has 0 spiro atoms. The molecule has 0 radical (unpaired) electrons. The molecule has 1 aliphatic heterocycles. The maximum Gasteiger partial charge on any atom is 0.338 e. The van der Waals surface area contributed by atoms with E-state index in [1.165, 1.54) is 7.11 Å². The van der Waals surface area contributed by atoms with Gasteiger partial charge in [-0.15, -0.1) is 0 Å². The lowest BCUT2D eigenvalue weighted by Gasteiger charge is -2.28. The first-order chi connectivity index (χ1) is 11.2. The summed E-state index contributed by atoms with van der Waals surface area (Å²) in [5.41, 5.74) is 1.24. The maximum absolute atomic E-state index is 12.4. The van der Waals surface area contributed by atoms with Crippen molar-refractivity contribution in [1.29, 1.82) is 0 Å². The van der Waals surface area contributed by atoms with E-state index in [0.29, 0.717) is 17.0 Å². The van der Waals surface area contributed by atoms with Gasteiger partial charge in [0.25, 0.3) is 0 Å². The second-order valence-corrected chi connectivity index (χ2v) is 7.55. The Morgan fingerprint density at radius 2 is 2.04 bits per heavy atom. The summed E-state index contributed by atoms with van der Waals surface area (Å²) < 4.78 is 8.50. The van der Waals surface area contributed by atoms with Gasteiger partial charge in [-0.05, 0) is 24.6 Å². The molecule has 0 saturated carbocycles. The number of carbonyl (C=O) groups is 2. The van der Waals surface area contributed by atoms with Crippen LogP contribution in [0.4, 0.5) is 4.79 Å². The maximum atomic E-state index is 12.4. The predicted octanol–water partition coefficient (Wildman–Crippen LogP) is 3.24. The van der Waals surface area contributed by atoms with Gasteiger partial charge in [0.05, 0.1) is 18.7 Å². The fraction of sp³-hybridized carbons (Fsp3) is 0.333. The highest BCUT2D eigenvalue weighted by Gasteiger charge is 2.33. The van der Waals surface area contributed by atoms with Crippen molar-refractivity contribution in [1.82, 2.24) is 10.6 Å². The Labute approximate surface area is 154 Å². The standard InChI is InChI=1S/C15H15Cl3N2O4/c1-8-11(13(21)24-7-15(16,17)18)12(20-14(22)19-8)9-4-3-5-10(6-9)23-2/h3-6,12H,7H2,1-2H3,(H2,19,20,22)/t12-/m0/s1. The summed E-state index contributed by atoms with van der Waals surface area (Å²) in [5, 5.41) is 5.21. The number of benzene rings is 1. The summed E-state index contributed by atoms with van der Waals surface area (Å²) in [4.78, 5) is 24.2. The van der Waals surface area contributed by atoms with Crippen molar-refractivity contribution < 1.29 is 19.1 Å². The molecule has 2 amide bonds. The number of nitrogens with one attached hydrogen (secondary N) is 2.